The molecular weight excluding hydrogens is 384 g/mol. The van der Waals surface area contributed by atoms with Crippen molar-refractivity contribution in [1.29, 1.82) is 0 Å². The lowest BCUT2D eigenvalue weighted by Crippen LogP contribution is -2.33. The maximum Gasteiger partial charge on any atom is 0.235 e. The van der Waals surface area contributed by atoms with E-state index in [4.69, 9.17) is 0 Å². The summed E-state index contributed by atoms with van der Waals surface area (Å²) >= 11 is 1.78. The molecule has 2 aromatic carbocycles. The van der Waals surface area contributed by atoms with E-state index in [2.05, 4.69) is 29.8 Å². The number of amides is 1. The Morgan fingerprint density at radius 1 is 1.15 bits per heavy atom. The Labute approximate surface area is 163 Å². The SMILES string of the molecule is CC[n+]1c(C)sc2ccc(NC(C)=O)cc21.Cc1ccc(S(=O)(=O)[O-])cc1. The zero-order valence-corrected chi connectivity index (χ0v) is 17.3. The molecule has 0 radical (unpaired) electrons. The van der Waals surface area contributed by atoms with Gasteiger partial charge in [0.2, 0.25) is 16.4 Å². The first-order valence-corrected chi connectivity index (χ1v) is 10.6. The van der Waals surface area contributed by atoms with Crippen LogP contribution in [0.15, 0.2) is 47.4 Å². The fourth-order valence-electron chi connectivity index (χ4n) is 2.58. The average Bonchev–Trinajstić information content (AvgIpc) is 2.89. The Hall–Kier alpha value is -2.29. The second kappa shape index (κ2) is 8.60. The number of carbonyl (C=O) groups is 1. The normalized spacial score (nSPS) is 11.0. The van der Waals surface area contributed by atoms with Gasteiger partial charge in [0.1, 0.15) is 21.4 Å². The molecule has 6 nitrogen and oxygen atoms in total. The highest BCUT2D eigenvalue weighted by Crippen LogP contribution is 2.23. The highest BCUT2D eigenvalue weighted by atomic mass is 32.2. The summed E-state index contributed by atoms with van der Waals surface area (Å²) in [6, 6.07) is 11.8. The molecule has 0 unspecified atom stereocenters. The summed E-state index contributed by atoms with van der Waals surface area (Å²) in [4.78, 5) is 10.8. The third-order valence-electron chi connectivity index (χ3n) is 3.83. The molecule has 144 valence electrons. The van der Waals surface area contributed by atoms with Gasteiger partial charge in [0.05, 0.1) is 4.90 Å². The molecule has 0 saturated heterocycles. The number of aryl methyl sites for hydroxylation is 3. The number of hydrogen-bond donors (Lipinski definition) is 1. The van der Waals surface area contributed by atoms with E-state index in [9.17, 15) is 17.8 Å². The lowest BCUT2D eigenvalue weighted by Gasteiger charge is -2.05. The molecule has 1 aromatic heterocycles. The predicted octanol–water partition coefficient (Wildman–Crippen LogP) is 3.37. The topological polar surface area (TPSA) is 90.2 Å². The van der Waals surface area contributed by atoms with Crippen LogP contribution in [-0.4, -0.2) is 18.9 Å². The van der Waals surface area contributed by atoms with Crippen molar-refractivity contribution in [2.24, 2.45) is 0 Å². The predicted molar refractivity (Wildman–Crippen MR) is 106 cm³/mol. The molecule has 0 aliphatic heterocycles. The lowest BCUT2D eigenvalue weighted by molar-refractivity contribution is -0.669. The summed E-state index contributed by atoms with van der Waals surface area (Å²) in [6.07, 6.45) is 0. The molecule has 1 amide bonds. The zero-order chi connectivity index (χ0) is 20.2. The zero-order valence-electron chi connectivity index (χ0n) is 15.6. The van der Waals surface area contributed by atoms with Gasteiger partial charge in [0.25, 0.3) is 0 Å². The quantitative estimate of drug-likeness (QED) is 0.533. The van der Waals surface area contributed by atoms with Crippen LogP contribution < -0.4 is 9.88 Å². The van der Waals surface area contributed by atoms with Gasteiger partial charge in [-0.25, -0.2) is 8.42 Å². The van der Waals surface area contributed by atoms with E-state index in [-0.39, 0.29) is 10.8 Å². The van der Waals surface area contributed by atoms with Crippen LogP contribution in [0.5, 0.6) is 0 Å². The molecule has 0 spiro atoms. The van der Waals surface area contributed by atoms with Gasteiger partial charge in [-0.1, -0.05) is 29.0 Å². The molecule has 8 heteroatoms. The Morgan fingerprint density at radius 2 is 1.78 bits per heavy atom. The van der Waals surface area contributed by atoms with Crippen LogP contribution in [0.3, 0.4) is 0 Å². The first-order chi connectivity index (χ1) is 12.6. The summed E-state index contributed by atoms with van der Waals surface area (Å²) in [7, 11) is -4.27. The number of aromatic nitrogens is 1. The highest BCUT2D eigenvalue weighted by Gasteiger charge is 2.15. The third-order valence-corrected chi connectivity index (χ3v) is 5.76. The maximum absolute atomic E-state index is 11.0. The van der Waals surface area contributed by atoms with Gasteiger partial charge in [0.15, 0.2) is 0 Å². The number of rotatable bonds is 3. The van der Waals surface area contributed by atoms with Crippen LogP contribution >= 0.6 is 11.3 Å². The fourth-order valence-corrected chi connectivity index (χ4v) is 4.11. The Bertz CT molecular complexity index is 1060. The smallest absolute Gasteiger partial charge is 0.235 e. The van der Waals surface area contributed by atoms with E-state index in [1.54, 1.807) is 23.5 Å². The number of nitrogens with zero attached hydrogens (tertiary/aromatic N) is 1. The van der Waals surface area contributed by atoms with Crippen molar-refractivity contribution in [2.45, 2.75) is 39.1 Å². The van der Waals surface area contributed by atoms with Gasteiger partial charge in [-0.3, -0.25) is 4.79 Å². The van der Waals surface area contributed by atoms with E-state index in [1.807, 2.05) is 19.1 Å². The van der Waals surface area contributed by atoms with Crippen molar-refractivity contribution in [3.63, 3.8) is 0 Å². The molecule has 1 heterocycles. The first-order valence-electron chi connectivity index (χ1n) is 8.35. The van der Waals surface area contributed by atoms with Crippen molar-refractivity contribution >= 4 is 43.3 Å². The number of hydrogen-bond acceptors (Lipinski definition) is 5. The van der Waals surface area contributed by atoms with Gasteiger partial charge >= 0.3 is 0 Å². The first kappa shape index (κ1) is 21.0. The minimum atomic E-state index is -4.27. The molecule has 0 saturated carbocycles. The summed E-state index contributed by atoms with van der Waals surface area (Å²) < 4.78 is 34.7. The number of nitrogens with one attached hydrogen (secondary N) is 1. The average molecular weight is 407 g/mol. The number of benzene rings is 2. The fraction of sp³-hybridized carbons (Fsp3) is 0.263. The van der Waals surface area contributed by atoms with Crippen LogP contribution in [0.25, 0.3) is 10.2 Å². The van der Waals surface area contributed by atoms with Crippen LogP contribution in [-0.2, 0) is 21.5 Å². The van der Waals surface area contributed by atoms with E-state index in [0.717, 1.165) is 17.8 Å². The summed E-state index contributed by atoms with van der Waals surface area (Å²) in [5.74, 6) is -0.0330. The van der Waals surface area contributed by atoms with Crippen molar-refractivity contribution in [3.8, 4) is 0 Å². The molecule has 3 aromatic rings. The largest absolute Gasteiger partial charge is 0.744 e. The molecule has 0 atom stereocenters. The number of fused-ring (bicyclic) bond motifs is 1. The Morgan fingerprint density at radius 3 is 2.30 bits per heavy atom. The van der Waals surface area contributed by atoms with Crippen LogP contribution in [0.1, 0.15) is 24.4 Å². The van der Waals surface area contributed by atoms with E-state index in [0.29, 0.717) is 0 Å². The molecule has 1 N–H and O–H groups in total. The lowest BCUT2D eigenvalue weighted by atomic mass is 10.2. The minimum Gasteiger partial charge on any atom is -0.744 e. The maximum atomic E-state index is 11.0. The molecule has 0 aliphatic rings. The summed E-state index contributed by atoms with van der Waals surface area (Å²) in [5, 5.41) is 4.10. The van der Waals surface area contributed by atoms with Crippen molar-refractivity contribution in [2.75, 3.05) is 5.32 Å². The van der Waals surface area contributed by atoms with Crippen LogP contribution in [0.2, 0.25) is 0 Å². The Kier molecular flexibility index (Phi) is 6.69. The monoisotopic (exact) mass is 406 g/mol. The van der Waals surface area contributed by atoms with Crippen LogP contribution in [0.4, 0.5) is 5.69 Å². The van der Waals surface area contributed by atoms with E-state index >= 15 is 0 Å². The summed E-state index contributed by atoms with van der Waals surface area (Å²) in [6.45, 7) is 8.55. The van der Waals surface area contributed by atoms with E-state index < -0.39 is 10.1 Å². The molecule has 0 fully saturated rings. The molecule has 0 aliphatic carbocycles. The number of carbonyl (C=O) groups excluding carboxylic acids is 1. The molecule has 3 rings (SSSR count). The number of anilines is 1. The third kappa shape index (κ3) is 5.59. The molecule has 27 heavy (non-hydrogen) atoms. The van der Waals surface area contributed by atoms with Gasteiger partial charge in [-0.15, -0.1) is 0 Å². The van der Waals surface area contributed by atoms with Gasteiger partial charge in [-0.2, -0.15) is 4.57 Å². The van der Waals surface area contributed by atoms with Gasteiger partial charge in [-0.05, 0) is 38.1 Å². The number of thiazole rings is 1. The standard InChI is InChI=1S/C12H14N2OS.C7H8O3S/c1-4-14-9(3)16-12-6-5-10(7-11(12)14)13-8(2)15;1-6-2-4-7(5-3-6)11(8,9)10/h5-7H,4H2,1-3H3;2-5H,1H3,(H,8,9,10). The van der Waals surface area contributed by atoms with Crippen LogP contribution in [0, 0.1) is 13.8 Å². The van der Waals surface area contributed by atoms with Crippen molar-refractivity contribution < 1.29 is 22.3 Å². The van der Waals surface area contributed by atoms with Crippen molar-refractivity contribution in [1.82, 2.24) is 0 Å². The molecular formula is C19H22N2O4S2. The highest BCUT2D eigenvalue weighted by molar-refractivity contribution is 7.85. The minimum absolute atomic E-state index is 0.0330. The Balaban J connectivity index is 0.000000208. The van der Waals surface area contributed by atoms with Crippen molar-refractivity contribution in [3.05, 3.63) is 53.0 Å². The molecule has 0 bridgehead atoms. The van der Waals surface area contributed by atoms with E-state index in [1.165, 1.54) is 34.3 Å². The second-order valence-corrected chi connectivity index (χ2v) is 8.61. The second-order valence-electron chi connectivity index (χ2n) is 6.00. The summed E-state index contributed by atoms with van der Waals surface area (Å²) in [5.41, 5.74) is 2.98. The van der Waals surface area contributed by atoms with Gasteiger partial charge < -0.3 is 9.87 Å². The van der Waals surface area contributed by atoms with Gasteiger partial charge in [0, 0.05) is 25.6 Å².